The molecular weight excluding hydrogens is 549 g/mol. The van der Waals surface area contributed by atoms with Crippen molar-refractivity contribution in [2.75, 3.05) is 6.61 Å². The summed E-state index contributed by atoms with van der Waals surface area (Å²) in [6, 6.07) is 7.02. The van der Waals surface area contributed by atoms with Crippen LogP contribution in [0.2, 0.25) is 36.3 Å². The Balaban J connectivity index is 2.05. The van der Waals surface area contributed by atoms with Crippen LogP contribution in [0.25, 0.3) is 6.08 Å². The molecule has 0 saturated heterocycles. The van der Waals surface area contributed by atoms with Crippen LogP contribution in [0.5, 0.6) is 0 Å². The average Bonchev–Trinajstić information content (AvgIpc) is 3.62. The maximum Gasteiger partial charge on any atom is 0.193 e. The quantitative estimate of drug-likeness (QED) is 0.116. The molecule has 228 valence electrons. The van der Waals surface area contributed by atoms with Gasteiger partial charge in [0.25, 0.3) is 0 Å². The Morgan fingerprint density at radius 2 is 1.73 bits per heavy atom. The summed E-state index contributed by atoms with van der Waals surface area (Å²) in [6.45, 7) is 23.3. The zero-order valence-electron chi connectivity index (χ0n) is 27.3. The second-order valence-electron chi connectivity index (χ2n) is 12.0. The van der Waals surface area contributed by atoms with Gasteiger partial charge < -0.3 is 13.7 Å². The fourth-order valence-electron chi connectivity index (χ4n) is 5.86. The third-order valence-corrected chi connectivity index (χ3v) is 19.7. The predicted molar refractivity (Wildman–Crippen MR) is 179 cm³/mol. The van der Waals surface area contributed by atoms with Crippen molar-refractivity contribution in [2.45, 2.75) is 143 Å². The van der Waals surface area contributed by atoms with Gasteiger partial charge in [-0.2, -0.15) is 0 Å². The van der Waals surface area contributed by atoms with Crippen LogP contribution in [0.1, 0.15) is 97.9 Å². The van der Waals surface area contributed by atoms with E-state index in [4.69, 9.17) is 13.7 Å². The summed E-state index contributed by atoms with van der Waals surface area (Å²) < 4.78 is 13.7. The highest BCUT2D eigenvalue weighted by atomic mass is 32.1. The number of allylic oxidation sites excluding steroid dienone is 2. The van der Waals surface area contributed by atoms with E-state index in [-0.39, 0.29) is 11.7 Å². The highest BCUT2D eigenvalue weighted by Gasteiger charge is 2.46. The maximum atomic E-state index is 7.24. The summed E-state index contributed by atoms with van der Waals surface area (Å²) in [5.41, 5.74) is 1.84. The molecule has 1 aliphatic rings. The number of hydrogen-bond donors (Lipinski definition) is 0. The van der Waals surface area contributed by atoms with Gasteiger partial charge in [0.1, 0.15) is 0 Å². The fraction of sp³-hybridized carbons (Fsp3) is 0.750. The van der Waals surface area contributed by atoms with Crippen LogP contribution in [0.3, 0.4) is 0 Å². The smallest absolute Gasteiger partial charge is 0.193 e. The third-order valence-electron chi connectivity index (χ3n) is 9.40. The van der Waals surface area contributed by atoms with Crippen LogP contribution >= 0.6 is 11.3 Å². The molecule has 0 unspecified atom stereocenters. The summed E-state index contributed by atoms with van der Waals surface area (Å²) in [6.07, 6.45) is 12.7. The fourth-order valence-corrected chi connectivity index (χ4v) is 12.4. The Kier molecular flexibility index (Phi) is 14.5. The van der Waals surface area contributed by atoms with E-state index in [9.17, 15) is 0 Å². The van der Waals surface area contributed by atoms with Crippen molar-refractivity contribution in [3.05, 3.63) is 33.8 Å². The SMILES string of the molecule is CC[Si](CC)(CC)OC/C=C/[C@@H](C)CCC[C@@](C)(O[Si](CC)(CC)CC)[C@H]1CC(/C(C)=C/c2cnc(C)s2)=NO1. The number of oxime groups is 1. The van der Waals surface area contributed by atoms with Gasteiger partial charge in [0.05, 0.1) is 22.9 Å². The molecule has 0 N–H and O–H groups in total. The number of nitrogens with zero attached hydrogens (tertiary/aromatic N) is 2. The molecule has 2 rings (SSSR count). The predicted octanol–water partition coefficient (Wildman–Crippen LogP) is 10.2. The van der Waals surface area contributed by atoms with E-state index < -0.39 is 16.6 Å². The van der Waals surface area contributed by atoms with Crippen molar-refractivity contribution in [3.8, 4) is 0 Å². The molecule has 0 spiro atoms. The standard InChI is InChI=1S/C32H58N2O3SSi2/c1-11-39(12-2,13-3)35-22-18-20-26(7)19-17-21-32(10,37-40(14-4,15-5)16-6)31-24-30(34-36-31)27(8)23-29-25-33-28(9)38-29/h18,20,23,25-26,31H,11-17,19,21-22,24H2,1-10H3/b20-18+,27-23+/t26-,31+,32+/m0/s1. The molecule has 0 aromatic carbocycles. The Labute approximate surface area is 252 Å². The van der Waals surface area contributed by atoms with E-state index in [2.05, 4.69) is 90.7 Å². The summed E-state index contributed by atoms with van der Waals surface area (Å²) in [5.74, 6) is 0.517. The minimum absolute atomic E-state index is 0.0555. The van der Waals surface area contributed by atoms with Crippen LogP contribution in [0, 0.1) is 12.8 Å². The highest BCUT2D eigenvalue weighted by molar-refractivity contribution is 7.12. The second-order valence-corrected chi connectivity index (χ2v) is 22.7. The number of thiazole rings is 1. The van der Waals surface area contributed by atoms with Gasteiger partial charge in [-0.3, -0.25) is 0 Å². The van der Waals surface area contributed by atoms with E-state index in [1.54, 1.807) is 11.3 Å². The number of aryl methyl sites for hydroxylation is 1. The van der Waals surface area contributed by atoms with Gasteiger partial charge in [-0.1, -0.05) is 65.8 Å². The van der Waals surface area contributed by atoms with Crippen LogP contribution in [0.4, 0.5) is 0 Å². The summed E-state index contributed by atoms with van der Waals surface area (Å²) >= 11 is 1.71. The molecule has 1 aliphatic heterocycles. The van der Waals surface area contributed by atoms with Gasteiger partial charge in [0.15, 0.2) is 22.7 Å². The first-order valence-electron chi connectivity index (χ1n) is 15.9. The molecule has 0 fully saturated rings. The van der Waals surface area contributed by atoms with E-state index in [0.29, 0.717) is 5.92 Å². The summed E-state index contributed by atoms with van der Waals surface area (Å²) in [7, 11) is -3.36. The lowest BCUT2D eigenvalue weighted by molar-refractivity contribution is -0.0792. The van der Waals surface area contributed by atoms with Gasteiger partial charge >= 0.3 is 0 Å². The minimum atomic E-state index is -1.84. The lowest BCUT2D eigenvalue weighted by atomic mass is 9.87. The molecule has 1 aromatic heterocycles. The summed E-state index contributed by atoms with van der Waals surface area (Å²) in [5, 5.41) is 5.65. The maximum absolute atomic E-state index is 7.24. The molecule has 8 heteroatoms. The Morgan fingerprint density at radius 3 is 2.27 bits per heavy atom. The molecule has 0 bridgehead atoms. The minimum Gasteiger partial charge on any atom is -0.413 e. The van der Waals surface area contributed by atoms with Crippen molar-refractivity contribution >= 4 is 39.8 Å². The lowest BCUT2D eigenvalue weighted by Crippen LogP contribution is -2.52. The molecule has 0 saturated carbocycles. The first kappa shape index (κ1) is 35.1. The second kappa shape index (κ2) is 16.5. The van der Waals surface area contributed by atoms with Crippen molar-refractivity contribution < 1.29 is 13.7 Å². The van der Waals surface area contributed by atoms with E-state index in [1.165, 1.54) is 18.1 Å². The average molecular weight is 607 g/mol. The van der Waals surface area contributed by atoms with Crippen LogP contribution in [0.15, 0.2) is 29.1 Å². The molecule has 2 heterocycles. The molecule has 1 aromatic rings. The number of aromatic nitrogens is 1. The van der Waals surface area contributed by atoms with Crippen LogP contribution in [-0.4, -0.2) is 45.6 Å². The zero-order valence-corrected chi connectivity index (χ0v) is 30.1. The van der Waals surface area contributed by atoms with Gasteiger partial charge in [-0.05, 0) is 93.9 Å². The van der Waals surface area contributed by atoms with Gasteiger partial charge in [-0.25, -0.2) is 4.98 Å². The van der Waals surface area contributed by atoms with E-state index in [1.807, 2.05) is 13.1 Å². The molecule has 0 amide bonds. The van der Waals surface area contributed by atoms with Gasteiger partial charge in [-0.15, -0.1) is 11.3 Å². The topological polar surface area (TPSA) is 52.9 Å². The van der Waals surface area contributed by atoms with Gasteiger partial charge in [0.2, 0.25) is 0 Å². The highest BCUT2D eigenvalue weighted by Crippen LogP contribution is 2.38. The first-order chi connectivity index (χ1) is 19.0. The van der Waals surface area contributed by atoms with Crippen LogP contribution in [-0.2, 0) is 13.7 Å². The van der Waals surface area contributed by atoms with Crippen molar-refractivity contribution in [1.82, 2.24) is 4.98 Å². The Bertz CT molecular complexity index is 968. The molecule has 3 atom stereocenters. The molecule has 5 nitrogen and oxygen atoms in total. The zero-order chi connectivity index (χ0) is 29.8. The largest absolute Gasteiger partial charge is 0.413 e. The number of rotatable bonds is 19. The normalized spacial score (nSPS) is 19.1. The molecular formula is C32H58N2O3SSi2. The summed E-state index contributed by atoms with van der Waals surface area (Å²) in [4.78, 5) is 11.7. The third kappa shape index (κ3) is 9.75. The first-order valence-corrected chi connectivity index (χ1v) is 21.8. The monoisotopic (exact) mass is 606 g/mol. The van der Waals surface area contributed by atoms with Crippen LogP contribution < -0.4 is 0 Å². The molecule has 0 aliphatic carbocycles. The van der Waals surface area contributed by atoms with E-state index >= 15 is 0 Å². The van der Waals surface area contributed by atoms with Crippen molar-refractivity contribution in [1.29, 1.82) is 0 Å². The number of hydrogen-bond acceptors (Lipinski definition) is 6. The Morgan fingerprint density at radius 1 is 1.10 bits per heavy atom. The Hall–Kier alpha value is -1.07. The van der Waals surface area contributed by atoms with Crippen molar-refractivity contribution in [3.63, 3.8) is 0 Å². The molecule has 0 radical (unpaired) electrons. The van der Waals surface area contributed by atoms with Gasteiger partial charge in [0, 0.05) is 17.5 Å². The van der Waals surface area contributed by atoms with E-state index in [0.717, 1.165) is 71.6 Å². The molecule has 40 heavy (non-hydrogen) atoms. The lowest BCUT2D eigenvalue weighted by Gasteiger charge is -2.43. The van der Waals surface area contributed by atoms with Crippen molar-refractivity contribution in [2.24, 2.45) is 11.1 Å².